The molecule has 336 valence electrons. The Kier molecular flexibility index (Phi) is 10.9. The Morgan fingerprint density at radius 1 is 0.952 bits per heavy atom. The molecule has 2 bridgehead atoms. The first-order valence-electron chi connectivity index (χ1n) is 21.5. The van der Waals surface area contributed by atoms with E-state index in [1.165, 1.54) is 13.2 Å². The van der Waals surface area contributed by atoms with Gasteiger partial charge in [0, 0.05) is 56.8 Å². The van der Waals surface area contributed by atoms with Gasteiger partial charge in [-0.3, -0.25) is 4.90 Å². The Hall–Kier alpha value is -5.05. The summed E-state index contributed by atoms with van der Waals surface area (Å²) in [5.74, 6) is 1.75. The Morgan fingerprint density at radius 2 is 1.71 bits per heavy atom. The van der Waals surface area contributed by atoms with Gasteiger partial charge in [-0.15, -0.1) is 6.42 Å². The maximum Gasteiger partial charge on any atom is 0.417 e. The number of methoxy groups -OCH3 is 2. The SMILES string of the molecule is C#Cc1c(F)ccc2cc(OCOC)cc(-c3nc4c5c(nc(OCC6(CN7CCC(OC)(C(F)(F)F)CC7)CC6)nc5c3F)N3C[C@H]5CC[C@@H]([C@H]3CC4)N5C(=O)OC(C)(C)C)c12. The van der Waals surface area contributed by atoms with Gasteiger partial charge >= 0.3 is 18.3 Å². The van der Waals surface area contributed by atoms with Gasteiger partial charge in [0.15, 0.2) is 18.2 Å². The van der Waals surface area contributed by atoms with Gasteiger partial charge in [0.1, 0.15) is 34.2 Å². The molecular formula is C46H51F5N6O6. The average Bonchev–Trinajstić information content (AvgIpc) is 3.96. The van der Waals surface area contributed by atoms with Gasteiger partial charge in [-0.1, -0.05) is 12.0 Å². The normalized spacial score (nSPS) is 22.7. The summed E-state index contributed by atoms with van der Waals surface area (Å²) in [7, 11) is 2.58. The van der Waals surface area contributed by atoms with E-state index in [0.29, 0.717) is 54.0 Å². The van der Waals surface area contributed by atoms with E-state index in [0.717, 1.165) is 32.8 Å². The summed E-state index contributed by atoms with van der Waals surface area (Å²) in [6.45, 7) is 6.91. The fraction of sp³-hybridized carbons (Fsp3) is 0.565. The summed E-state index contributed by atoms with van der Waals surface area (Å²) < 4.78 is 103. The number of aromatic nitrogens is 3. The third-order valence-electron chi connectivity index (χ3n) is 13.6. The molecule has 1 aliphatic carbocycles. The maximum atomic E-state index is 17.7. The minimum atomic E-state index is -4.47. The molecule has 1 saturated carbocycles. The van der Waals surface area contributed by atoms with Crippen molar-refractivity contribution in [2.45, 2.75) is 108 Å². The number of halogens is 5. The van der Waals surface area contributed by atoms with Crippen LogP contribution in [-0.4, -0.2) is 120 Å². The van der Waals surface area contributed by atoms with Crippen LogP contribution in [0, 0.1) is 29.4 Å². The van der Waals surface area contributed by atoms with Crippen LogP contribution in [0.4, 0.5) is 32.6 Å². The van der Waals surface area contributed by atoms with E-state index in [1.54, 1.807) is 18.2 Å². The van der Waals surface area contributed by atoms with Gasteiger partial charge in [-0.2, -0.15) is 23.1 Å². The highest BCUT2D eigenvalue weighted by atomic mass is 19.4. The van der Waals surface area contributed by atoms with E-state index >= 15 is 8.78 Å². The van der Waals surface area contributed by atoms with Gasteiger partial charge in [0.25, 0.3) is 0 Å². The molecule has 0 N–H and O–H groups in total. The number of carbonyl (C=O) groups is 1. The number of ether oxygens (including phenoxy) is 5. The molecule has 0 radical (unpaired) electrons. The van der Waals surface area contributed by atoms with Gasteiger partial charge in [-0.25, -0.2) is 18.6 Å². The molecule has 0 spiro atoms. The molecule has 3 saturated heterocycles. The molecule has 2 aromatic carbocycles. The standard InChI is InChI=1S/C46H51F5N6O6/c1-7-29-31(47)10-8-26-20-28(62-25-59-5)21-30(35(26)29)38-37(48)39-36-32(52-38)11-13-33-34-12-9-27(57(34)42(58)63-43(2,3)4)22-56(33)40(36)54-41(53-39)61-24-44(14-15-44)23-55-18-16-45(60-6,17-19-55)46(49,50)51/h1,8,10,20-21,27,33-34H,9,11-19,22-25H2,2-6H3/t27-,33-,34+/m1/s1. The molecule has 9 rings (SSSR count). The Morgan fingerprint density at radius 3 is 2.38 bits per heavy atom. The second-order valence-electron chi connectivity index (χ2n) is 18.7. The number of terminal acetylenes is 1. The lowest BCUT2D eigenvalue weighted by molar-refractivity contribution is -0.282. The molecule has 1 amide bonds. The molecule has 0 unspecified atom stereocenters. The van der Waals surface area contributed by atoms with Crippen molar-refractivity contribution in [3.63, 3.8) is 0 Å². The number of rotatable bonds is 10. The van der Waals surface area contributed by atoms with Gasteiger partial charge in [0.05, 0.1) is 41.4 Å². The molecule has 6 heterocycles. The third-order valence-corrected chi connectivity index (χ3v) is 13.6. The fourth-order valence-electron chi connectivity index (χ4n) is 10.2. The summed E-state index contributed by atoms with van der Waals surface area (Å²) in [6, 6.07) is 5.30. The van der Waals surface area contributed by atoms with Crippen molar-refractivity contribution in [2.75, 3.05) is 58.7 Å². The number of fused-ring (bicyclic) bond motifs is 6. The molecule has 12 nitrogen and oxygen atoms in total. The first-order chi connectivity index (χ1) is 30.0. The van der Waals surface area contributed by atoms with Crippen LogP contribution in [0.1, 0.15) is 77.0 Å². The number of amides is 1. The molecule has 63 heavy (non-hydrogen) atoms. The predicted molar refractivity (Wildman–Crippen MR) is 224 cm³/mol. The topological polar surface area (TPSA) is 112 Å². The zero-order chi connectivity index (χ0) is 44.6. The van der Waals surface area contributed by atoms with Crippen molar-refractivity contribution in [1.29, 1.82) is 0 Å². The highest BCUT2D eigenvalue weighted by Gasteiger charge is 2.57. The Balaban J connectivity index is 1.12. The van der Waals surface area contributed by atoms with Crippen molar-refractivity contribution in [2.24, 2.45) is 5.41 Å². The first-order valence-corrected chi connectivity index (χ1v) is 21.5. The smallest absolute Gasteiger partial charge is 0.417 e. The molecule has 4 aliphatic heterocycles. The van der Waals surface area contributed by atoms with Crippen LogP contribution in [0.25, 0.3) is 32.9 Å². The van der Waals surface area contributed by atoms with E-state index in [4.69, 9.17) is 45.1 Å². The van der Waals surface area contributed by atoms with Gasteiger partial charge < -0.3 is 33.5 Å². The Bertz CT molecular complexity index is 2490. The highest BCUT2D eigenvalue weighted by Crippen LogP contribution is 2.50. The van der Waals surface area contributed by atoms with Crippen LogP contribution in [0.3, 0.4) is 0 Å². The molecule has 3 atom stereocenters. The summed E-state index contributed by atoms with van der Waals surface area (Å²) in [5, 5.41) is 1.18. The minimum Gasteiger partial charge on any atom is -0.468 e. The highest BCUT2D eigenvalue weighted by molar-refractivity contribution is 6.03. The zero-order valence-electron chi connectivity index (χ0n) is 36.0. The van der Waals surface area contributed by atoms with Crippen LogP contribution in [0.5, 0.6) is 11.8 Å². The van der Waals surface area contributed by atoms with E-state index in [-0.39, 0.29) is 103 Å². The van der Waals surface area contributed by atoms with Crippen molar-refractivity contribution in [3.8, 4) is 35.4 Å². The molecule has 4 aromatic rings. The number of benzene rings is 2. The lowest BCUT2D eigenvalue weighted by atomic mass is 9.89. The maximum absolute atomic E-state index is 17.7. The number of pyridine rings is 1. The monoisotopic (exact) mass is 878 g/mol. The fourth-order valence-corrected chi connectivity index (χ4v) is 10.2. The number of hydrogen-bond acceptors (Lipinski definition) is 11. The Labute approximate surface area is 362 Å². The molecule has 17 heteroatoms. The molecule has 4 fully saturated rings. The summed E-state index contributed by atoms with van der Waals surface area (Å²) in [5.41, 5.74) is -2.73. The van der Waals surface area contributed by atoms with Crippen LogP contribution in [0.15, 0.2) is 24.3 Å². The average molecular weight is 879 g/mol. The predicted octanol–water partition coefficient (Wildman–Crippen LogP) is 8.19. The molecular weight excluding hydrogens is 828 g/mol. The van der Waals surface area contributed by atoms with Gasteiger partial charge in [-0.05, 0) is 95.7 Å². The number of carbonyl (C=O) groups excluding carboxylic acids is 1. The van der Waals surface area contributed by atoms with Gasteiger partial charge in [0.2, 0.25) is 0 Å². The van der Waals surface area contributed by atoms with Crippen molar-refractivity contribution in [3.05, 3.63) is 47.2 Å². The van der Waals surface area contributed by atoms with Crippen LogP contribution in [0.2, 0.25) is 0 Å². The number of anilines is 1. The number of likely N-dealkylation sites (tertiary alicyclic amines) is 1. The minimum absolute atomic E-state index is 0.0449. The number of nitrogens with zero attached hydrogens (tertiary/aromatic N) is 6. The summed E-state index contributed by atoms with van der Waals surface area (Å²) >= 11 is 0. The quantitative estimate of drug-likeness (QED) is 0.0874. The molecule has 5 aliphatic rings. The van der Waals surface area contributed by atoms with E-state index in [2.05, 4.69) is 10.8 Å². The number of piperazine rings is 1. The van der Waals surface area contributed by atoms with Crippen LogP contribution >= 0.6 is 0 Å². The third kappa shape index (κ3) is 7.75. The van der Waals surface area contributed by atoms with Crippen molar-refractivity contribution < 1.29 is 50.4 Å². The lowest BCUT2D eigenvalue weighted by Gasteiger charge is -2.47. The zero-order valence-corrected chi connectivity index (χ0v) is 36.0. The van der Waals surface area contributed by atoms with Crippen molar-refractivity contribution in [1.82, 2.24) is 24.8 Å². The number of piperidine rings is 1. The largest absolute Gasteiger partial charge is 0.468 e. The van der Waals surface area contributed by atoms with E-state index < -0.39 is 29.0 Å². The second kappa shape index (κ2) is 15.9. The van der Waals surface area contributed by atoms with Crippen LogP contribution < -0.4 is 14.4 Å². The molecule has 2 aromatic heterocycles. The van der Waals surface area contributed by atoms with E-state index in [1.807, 2.05) is 30.6 Å². The number of aryl methyl sites for hydroxylation is 1. The lowest BCUT2D eigenvalue weighted by Crippen LogP contribution is -2.62. The van der Waals surface area contributed by atoms with Crippen molar-refractivity contribution >= 4 is 33.6 Å². The second-order valence-corrected chi connectivity index (χ2v) is 18.7. The van der Waals surface area contributed by atoms with Crippen LogP contribution in [-0.2, 0) is 20.6 Å². The van der Waals surface area contributed by atoms with E-state index in [9.17, 15) is 18.0 Å². The number of hydrogen-bond donors (Lipinski definition) is 0. The summed E-state index contributed by atoms with van der Waals surface area (Å²) in [4.78, 5) is 34.5. The first kappa shape index (κ1) is 43.2. The number of alkyl halides is 3. The summed E-state index contributed by atoms with van der Waals surface area (Å²) in [6.07, 6.45) is 4.65.